The van der Waals surface area contributed by atoms with Crippen LogP contribution in [0.3, 0.4) is 0 Å². The number of nitrogens with zero attached hydrogens (tertiary/aromatic N) is 6. The molecule has 0 spiro atoms. The summed E-state index contributed by atoms with van der Waals surface area (Å²) in [6, 6.07) is 3.67. The molecule has 0 atom stereocenters. The van der Waals surface area contributed by atoms with Crippen LogP contribution in [-0.2, 0) is 0 Å². The maximum Gasteiger partial charge on any atom is 0.217 e. The molecule has 0 N–H and O–H groups in total. The van der Waals surface area contributed by atoms with Gasteiger partial charge >= 0.3 is 0 Å². The first-order chi connectivity index (χ1) is 11.7. The van der Waals surface area contributed by atoms with E-state index in [0.29, 0.717) is 11.6 Å². The van der Waals surface area contributed by atoms with Crippen LogP contribution in [-0.4, -0.2) is 29.1 Å². The molecule has 7 nitrogen and oxygen atoms in total. The molecule has 0 aliphatic carbocycles. The summed E-state index contributed by atoms with van der Waals surface area (Å²) in [6.45, 7) is 4.14. The standard InChI is InChI=1S/C16H12N6OS/c1-9-10(2)22(16-17-5-7-24-16)14-12(9)15-19-13(11-4-3-6-23-11)20-21(15)8-18-14/h3-8H,1-2H3. The van der Waals surface area contributed by atoms with Crippen molar-refractivity contribution in [1.29, 1.82) is 0 Å². The van der Waals surface area contributed by atoms with E-state index in [4.69, 9.17) is 4.42 Å². The number of hydrogen-bond acceptors (Lipinski definition) is 6. The van der Waals surface area contributed by atoms with Crippen LogP contribution in [0.15, 0.2) is 40.7 Å². The lowest BCUT2D eigenvalue weighted by Crippen LogP contribution is -1.98. The summed E-state index contributed by atoms with van der Waals surface area (Å²) in [5, 5.41) is 8.31. The molecule has 0 saturated heterocycles. The second-order valence-electron chi connectivity index (χ2n) is 5.48. The monoisotopic (exact) mass is 336 g/mol. The van der Waals surface area contributed by atoms with Gasteiger partial charge in [0.1, 0.15) is 6.33 Å². The number of hydrogen-bond donors (Lipinski definition) is 0. The molecule has 8 heteroatoms. The van der Waals surface area contributed by atoms with Crippen molar-refractivity contribution < 1.29 is 4.42 Å². The number of rotatable bonds is 2. The maximum atomic E-state index is 5.41. The van der Waals surface area contributed by atoms with Gasteiger partial charge in [-0.25, -0.2) is 19.5 Å². The fourth-order valence-electron chi connectivity index (χ4n) is 2.93. The van der Waals surface area contributed by atoms with Crippen molar-refractivity contribution in [3.8, 4) is 16.7 Å². The van der Waals surface area contributed by atoms with Gasteiger partial charge in [-0.15, -0.1) is 16.4 Å². The van der Waals surface area contributed by atoms with Crippen LogP contribution in [0, 0.1) is 13.8 Å². The van der Waals surface area contributed by atoms with Crippen molar-refractivity contribution >= 4 is 28.0 Å². The molecule has 118 valence electrons. The minimum absolute atomic E-state index is 0.549. The molecule has 0 saturated carbocycles. The van der Waals surface area contributed by atoms with Crippen molar-refractivity contribution in [2.45, 2.75) is 13.8 Å². The second-order valence-corrected chi connectivity index (χ2v) is 6.36. The molecule has 5 aromatic heterocycles. The highest BCUT2D eigenvalue weighted by Gasteiger charge is 2.20. The number of aromatic nitrogens is 6. The Hall–Kier alpha value is -3.00. The lowest BCUT2D eigenvalue weighted by atomic mass is 10.2. The average Bonchev–Trinajstić information content (AvgIpc) is 3.33. The van der Waals surface area contributed by atoms with Crippen molar-refractivity contribution in [3.05, 3.63) is 47.6 Å². The Labute approximate surface area is 140 Å². The fraction of sp³-hybridized carbons (Fsp3) is 0.125. The first-order valence-corrected chi connectivity index (χ1v) is 8.29. The minimum Gasteiger partial charge on any atom is -0.461 e. The van der Waals surface area contributed by atoms with Gasteiger partial charge in [0.25, 0.3) is 0 Å². The van der Waals surface area contributed by atoms with Gasteiger partial charge < -0.3 is 4.42 Å². The van der Waals surface area contributed by atoms with Crippen LogP contribution in [0.2, 0.25) is 0 Å². The van der Waals surface area contributed by atoms with E-state index in [1.807, 2.05) is 17.5 Å². The van der Waals surface area contributed by atoms with E-state index in [9.17, 15) is 0 Å². The summed E-state index contributed by atoms with van der Waals surface area (Å²) >= 11 is 1.58. The third-order valence-electron chi connectivity index (χ3n) is 4.18. The van der Waals surface area contributed by atoms with Crippen molar-refractivity contribution in [2.24, 2.45) is 0 Å². The van der Waals surface area contributed by atoms with Crippen LogP contribution in [0.1, 0.15) is 11.3 Å². The van der Waals surface area contributed by atoms with E-state index in [1.165, 1.54) is 0 Å². The molecule has 0 bridgehead atoms. The van der Waals surface area contributed by atoms with Crippen LogP contribution >= 0.6 is 11.3 Å². The molecule has 5 heterocycles. The van der Waals surface area contributed by atoms with Crippen LogP contribution in [0.5, 0.6) is 0 Å². The van der Waals surface area contributed by atoms with Crippen molar-refractivity contribution in [3.63, 3.8) is 0 Å². The van der Waals surface area contributed by atoms with E-state index < -0.39 is 0 Å². The number of fused-ring (bicyclic) bond motifs is 3. The van der Waals surface area contributed by atoms with Crippen LogP contribution in [0.25, 0.3) is 33.4 Å². The summed E-state index contributed by atoms with van der Waals surface area (Å²) in [5.74, 6) is 1.19. The van der Waals surface area contributed by atoms with Gasteiger partial charge in [-0.1, -0.05) is 0 Å². The second kappa shape index (κ2) is 4.75. The highest BCUT2D eigenvalue weighted by Crippen LogP contribution is 2.31. The van der Waals surface area contributed by atoms with E-state index in [2.05, 4.69) is 38.5 Å². The van der Waals surface area contributed by atoms with E-state index in [0.717, 1.165) is 33.1 Å². The molecule has 0 fully saturated rings. The van der Waals surface area contributed by atoms with Gasteiger partial charge in [0.05, 0.1) is 11.6 Å². The van der Waals surface area contributed by atoms with Crippen LogP contribution < -0.4 is 0 Å². The van der Waals surface area contributed by atoms with Gasteiger partial charge in [0, 0.05) is 17.3 Å². The molecule has 0 radical (unpaired) electrons. The molecule has 5 rings (SSSR count). The summed E-state index contributed by atoms with van der Waals surface area (Å²) in [7, 11) is 0. The van der Waals surface area contributed by atoms with Crippen molar-refractivity contribution in [1.82, 2.24) is 29.1 Å². The molecule has 5 aromatic rings. The lowest BCUT2D eigenvalue weighted by molar-refractivity contribution is 0.577. The summed E-state index contributed by atoms with van der Waals surface area (Å²) < 4.78 is 9.17. The molecule has 0 aliphatic heterocycles. The zero-order chi connectivity index (χ0) is 16.3. The van der Waals surface area contributed by atoms with E-state index in [1.54, 1.807) is 34.6 Å². The predicted molar refractivity (Wildman–Crippen MR) is 90.5 cm³/mol. The molecule has 0 amide bonds. The first-order valence-electron chi connectivity index (χ1n) is 7.41. The largest absolute Gasteiger partial charge is 0.461 e. The Morgan fingerprint density at radius 3 is 2.83 bits per heavy atom. The zero-order valence-electron chi connectivity index (χ0n) is 13.0. The smallest absolute Gasteiger partial charge is 0.217 e. The van der Waals surface area contributed by atoms with Gasteiger partial charge in [-0.05, 0) is 31.5 Å². The van der Waals surface area contributed by atoms with Gasteiger partial charge in [-0.2, -0.15) is 0 Å². The molecular weight excluding hydrogens is 324 g/mol. The average molecular weight is 336 g/mol. The number of furan rings is 1. The van der Waals surface area contributed by atoms with Crippen LogP contribution in [0.4, 0.5) is 0 Å². The predicted octanol–water partition coefficient (Wildman–Crippen LogP) is 3.40. The van der Waals surface area contributed by atoms with E-state index in [-0.39, 0.29) is 0 Å². The van der Waals surface area contributed by atoms with Gasteiger partial charge in [0.2, 0.25) is 5.82 Å². The Kier molecular flexibility index (Phi) is 2.66. The quantitative estimate of drug-likeness (QED) is 0.494. The SMILES string of the molecule is Cc1c(C)n(-c2nccs2)c2ncn3nc(-c4ccco4)nc3c12. The number of thiazole rings is 1. The van der Waals surface area contributed by atoms with Gasteiger partial charge in [0.15, 0.2) is 22.2 Å². The Balaban J connectivity index is 1.87. The summed E-state index contributed by atoms with van der Waals surface area (Å²) in [6.07, 6.45) is 5.09. The minimum atomic E-state index is 0.549. The topological polar surface area (TPSA) is 74.0 Å². The van der Waals surface area contributed by atoms with Crippen molar-refractivity contribution in [2.75, 3.05) is 0 Å². The highest BCUT2D eigenvalue weighted by atomic mass is 32.1. The third-order valence-corrected chi connectivity index (χ3v) is 4.94. The first kappa shape index (κ1) is 13.4. The zero-order valence-corrected chi connectivity index (χ0v) is 13.8. The Bertz CT molecular complexity index is 1170. The lowest BCUT2D eigenvalue weighted by Gasteiger charge is -2.02. The highest BCUT2D eigenvalue weighted by molar-refractivity contribution is 7.12. The van der Waals surface area contributed by atoms with E-state index >= 15 is 0 Å². The van der Waals surface area contributed by atoms with Gasteiger partial charge in [-0.3, -0.25) is 4.57 Å². The summed E-state index contributed by atoms with van der Waals surface area (Å²) in [4.78, 5) is 13.7. The molecule has 0 aromatic carbocycles. The molecule has 24 heavy (non-hydrogen) atoms. The summed E-state index contributed by atoms with van der Waals surface area (Å²) in [5.41, 5.74) is 3.83. The molecular formula is C16H12N6OS. The number of aryl methyl sites for hydroxylation is 1. The maximum absolute atomic E-state index is 5.41. The molecule has 0 aliphatic rings. The molecule has 0 unspecified atom stereocenters. The normalized spacial score (nSPS) is 11.8. The Morgan fingerprint density at radius 2 is 2.08 bits per heavy atom. The Morgan fingerprint density at radius 1 is 1.17 bits per heavy atom. The third kappa shape index (κ3) is 1.71. The fourth-order valence-corrected chi connectivity index (χ4v) is 3.63.